The van der Waals surface area contributed by atoms with Gasteiger partial charge in [-0.15, -0.1) is 0 Å². The minimum Gasteiger partial charge on any atom is -0.324 e. The van der Waals surface area contributed by atoms with E-state index in [0.29, 0.717) is 22.8 Å². The van der Waals surface area contributed by atoms with Crippen molar-refractivity contribution in [2.24, 2.45) is 0 Å². The predicted molar refractivity (Wildman–Crippen MR) is 152 cm³/mol. The molecule has 0 unspecified atom stereocenters. The van der Waals surface area contributed by atoms with Crippen LogP contribution < -0.4 is 10.6 Å². The molecule has 0 atom stereocenters. The first-order valence-corrected chi connectivity index (χ1v) is 12.9. The third-order valence-electron chi connectivity index (χ3n) is 6.41. The number of aromatic nitrogens is 5. The largest absolute Gasteiger partial charge is 0.324 e. The summed E-state index contributed by atoms with van der Waals surface area (Å²) in [6.07, 6.45) is 8.02. The van der Waals surface area contributed by atoms with Crippen LogP contribution in [0.4, 0.5) is 17.3 Å². The number of amides is 1. The van der Waals surface area contributed by atoms with Crippen LogP contribution in [0.15, 0.2) is 61.2 Å². The van der Waals surface area contributed by atoms with Gasteiger partial charge in [-0.05, 0) is 89.8 Å². The van der Waals surface area contributed by atoms with E-state index in [4.69, 9.17) is 5.10 Å². The van der Waals surface area contributed by atoms with E-state index in [1.165, 1.54) is 0 Å². The van der Waals surface area contributed by atoms with Crippen molar-refractivity contribution >= 4 is 23.2 Å². The number of carbonyl (C=O) groups excluding carboxylic acids is 1. The predicted octanol–water partition coefficient (Wildman–Crippen LogP) is 5.71. The third kappa shape index (κ3) is 6.65. The van der Waals surface area contributed by atoms with Crippen molar-refractivity contribution in [3.05, 3.63) is 89.3 Å². The molecular weight excluding hydrogens is 488 g/mol. The SMILES string of the molecule is Cc1ccc(NC(=O)c2ccnc(C(C)(C)C#N)c2)cc1CCc1cc(Nc2cnccn2)n(C(C)(C)C)n1. The summed E-state index contributed by atoms with van der Waals surface area (Å²) in [5.74, 6) is 1.27. The number of aryl methyl sites for hydroxylation is 3. The maximum absolute atomic E-state index is 13.0. The normalized spacial score (nSPS) is 11.6. The number of anilines is 3. The van der Waals surface area contributed by atoms with E-state index in [9.17, 15) is 10.1 Å². The van der Waals surface area contributed by atoms with Gasteiger partial charge in [0.05, 0.1) is 34.6 Å². The Balaban J connectivity index is 1.49. The molecule has 2 N–H and O–H groups in total. The first-order valence-electron chi connectivity index (χ1n) is 12.9. The van der Waals surface area contributed by atoms with Gasteiger partial charge in [0.2, 0.25) is 0 Å². The van der Waals surface area contributed by atoms with E-state index in [1.807, 2.05) is 28.9 Å². The van der Waals surface area contributed by atoms with Gasteiger partial charge in [-0.3, -0.25) is 14.8 Å². The number of carbonyl (C=O) groups is 1. The molecule has 4 rings (SSSR count). The molecule has 1 aromatic carbocycles. The Morgan fingerprint density at radius 3 is 2.49 bits per heavy atom. The number of pyridine rings is 1. The molecule has 4 aromatic rings. The van der Waals surface area contributed by atoms with Crippen LogP contribution >= 0.6 is 0 Å². The first kappa shape index (κ1) is 27.5. The molecule has 3 heterocycles. The highest BCUT2D eigenvalue weighted by atomic mass is 16.1. The minimum absolute atomic E-state index is 0.224. The second-order valence-corrected chi connectivity index (χ2v) is 11.1. The summed E-state index contributed by atoms with van der Waals surface area (Å²) in [5, 5.41) is 20.6. The van der Waals surface area contributed by atoms with Gasteiger partial charge in [-0.2, -0.15) is 10.4 Å². The monoisotopic (exact) mass is 522 g/mol. The first-order chi connectivity index (χ1) is 18.5. The molecule has 0 aliphatic heterocycles. The Kier molecular flexibility index (Phi) is 7.77. The molecule has 39 heavy (non-hydrogen) atoms. The van der Waals surface area contributed by atoms with Gasteiger partial charge >= 0.3 is 0 Å². The van der Waals surface area contributed by atoms with Crippen LogP contribution in [0.3, 0.4) is 0 Å². The average Bonchev–Trinajstić information content (AvgIpc) is 3.32. The van der Waals surface area contributed by atoms with Crippen LogP contribution in [0.25, 0.3) is 0 Å². The zero-order valence-electron chi connectivity index (χ0n) is 23.3. The Bertz CT molecular complexity index is 1510. The fourth-order valence-electron chi connectivity index (χ4n) is 4.10. The van der Waals surface area contributed by atoms with Crippen LogP contribution in [-0.2, 0) is 23.8 Å². The molecule has 9 heteroatoms. The zero-order chi connectivity index (χ0) is 28.2. The highest BCUT2D eigenvalue weighted by Crippen LogP contribution is 2.26. The summed E-state index contributed by atoms with van der Waals surface area (Å²) in [6.45, 7) is 11.9. The summed E-state index contributed by atoms with van der Waals surface area (Å²) >= 11 is 0. The maximum Gasteiger partial charge on any atom is 0.255 e. The Morgan fingerprint density at radius 2 is 1.79 bits per heavy atom. The van der Waals surface area contributed by atoms with Crippen LogP contribution in [-0.4, -0.2) is 30.6 Å². The Morgan fingerprint density at radius 1 is 1.00 bits per heavy atom. The van der Waals surface area contributed by atoms with Gasteiger partial charge in [0.1, 0.15) is 11.6 Å². The Labute approximate surface area is 229 Å². The van der Waals surface area contributed by atoms with E-state index in [2.05, 4.69) is 59.3 Å². The topological polar surface area (TPSA) is 121 Å². The number of nitrogens with zero attached hydrogens (tertiary/aromatic N) is 6. The van der Waals surface area contributed by atoms with E-state index < -0.39 is 5.41 Å². The van der Waals surface area contributed by atoms with Crippen LogP contribution in [0.2, 0.25) is 0 Å². The number of benzene rings is 1. The van der Waals surface area contributed by atoms with E-state index >= 15 is 0 Å². The molecule has 9 nitrogen and oxygen atoms in total. The summed E-state index contributed by atoms with van der Waals surface area (Å²) in [6, 6.07) is 13.5. The molecule has 0 radical (unpaired) electrons. The molecule has 0 bridgehead atoms. The lowest BCUT2D eigenvalue weighted by Gasteiger charge is -2.22. The standard InChI is InChI=1S/C30H34N8O/c1-20-7-9-23(35-28(39)22-11-12-33-25(16-22)30(5,6)19-31)15-21(20)8-10-24-17-27(38(37-24)29(2,3)4)36-26-18-32-13-14-34-26/h7,9,11-18H,8,10H2,1-6H3,(H,34,36)(H,35,39). The second-order valence-electron chi connectivity index (χ2n) is 11.1. The van der Waals surface area contributed by atoms with Crippen molar-refractivity contribution in [1.29, 1.82) is 5.26 Å². The smallest absolute Gasteiger partial charge is 0.255 e. The van der Waals surface area contributed by atoms with Gasteiger partial charge in [0, 0.05) is 35.9 Å². The van der Waals surface area contributed by atoms with Crippen molar-refractivity contribution in [2.75, 3.05) is 10.6 Å². The van der Waals surface area contributed by atoms with Gasteiger partial charge in [0.15, 0.2) is 0 Å². The van der Waals surface area contributed by atoms with Gasteiger partial charge in [-0.25, -0.2) is 9.67 Å². The fourth-order valence-corrected chi connectivity index (χ4v) is 4.10. The molecule has 3 aromatic heterocycles. The summed E-state index contributed by atoms with van der Waals surface area (Å²) in [4.78, 5) is 25.7. The highest BCUT2D eigenvalue weighted by molar-refractivity contribution is 6.04. The fraction of sp³-hybridized carbons (Fsp3) is 0.333. The molecule has 0 aliphatic carbocycles. The van der Waals surface area contributed by atoms with Crippen molar-refractivity contribution in [3.63, 3.8) is 0 Å². The quantitative estimate of drug-likeness (QED) is 0.304. The van der Waals surface area contributed by atoms with Crippen molar-refractivity contribution in [2.45, 2.75) is 65.3 Å². The van der Waals surface area contributed by atoms with E-state index in [-0.39, 0.29) is 11.4 Å². The molecule has 0 aliphatic rings. The summed E-state index contributed by atoms with van der Waals surface area (Å²) in [5.41, 5.74) is 3.95. The number of rotatable bonds is 8. The molecule has 0 saturated carbocycles. The molecule has 1 amide bonds. The van der Waals surface area contributed by atoms with Crippen LogP contribution in [0, 0.1) is 18.3 Å². The highest BCUT2D eigenvalue weighted by Gasteiger charge is 2.23. The lowest BCUT2D eigenvalue weighted by molar-refractivity contribution is 0.102. The lowest BCUT2D eigenvalue weighted by atomic mass is 9.90. The maximum atomic E-state index is 13.0. The molecule has 0 saturated heterocycles. The number of nitrogens with one attached hydrogen (secondary N) is 2. The number of nitriles is 1. The van der Waals surface area contributed by atoms with Crippen molar-refractivity contribution in [1.82, 2.24) is 24.7 Å². The third-order valence-corrected chi connectivity index (χ3v) is 6.41. The van der Waals surface area contributed by atoms with Gasteiger partial charge in [0.25, 0.3) is 5.91 Å². The summed E-state index contributed by atoms with van der Waals surface area (Å²) < 4.78 is 1.97. The molecule has 0 spiro atoms. The van der Waals surface area contributed by atoms with E-state index in [1.54, 1.807) is 50.8 Å². The van der Waals surface area contributed by atoms with Crippen LogP contribution in [0.5, 0.6) is 0 Å². The number of hydrogen-bond acceptors (Lipinski definition) is 7. The van der Waals surface area contributed by atoms with Crippen LogP contribution in [0.1, 0.15) is 67.5 Å². The molecule has 0 fully saturated rings. The lowest BCUT2D eigenvalue weighted by Crippen LogP contribution is -2.24. The van der Waals surface area contributed by atoms with Crippen molar-refractivity contribution < 1.29 is 4.79 Å². The van der Waals surface area contributed by atoms with Gasteiger partial charge in [-0.1, -0.05) is 6.07 Å². The van der Waals surface area contributed by atoms with Crippen molar-refractivity contribution in [3.8, 4) is 6.07 Å². The Hall–Kier alpha value is -4.58. The minimum atomic E-state index is -0.781. The second kappa shape index (κ2) is 11.0. The zero-order valence-corrected chi connectivity index (χ0v) is 23.3. The number of hydrogen-bond donors (Lipinski definition) is 2. The molecule has 200 valence electrons. The molecular formula is C30H34N8O. The average molecular weight is 523 g/mol. The van der Waals surface area contributed by atoms with Gasteiger partial charge < -0.3 is 10.6 Å². The van der Waals surface area contributed by atoms with E-state index in [0.717, 1.165) is 35.5 Å². The summed E-state index contributed by atoms with van der Waals surface area (Å²) in [7, 11) is 0.